The molecule has 1 fully saturated rings. The van der Waals surface area contributed by atoms with Crippen LogP contribution in [0, 0.1) is 6.92 Å². The Balaban J connectivity index is 1.65. The fourth-order valence-corrected chi connectivity index (χ4v) is 3.37. The molecule has 1 atom stereocenters. The van der Waals surface area contributed by atoms with Gasteiger partial charge in [0.15, 0.2) is 5.69 Å². The summed E-state index contributed by atoms with van der Waals surface area (Å²) in [5.41, 5.74) is 0.440. The van der Waals surface area contributed by atoms with Crippen molar-refractivity contribution in [1.29, 1.82) is 0 Å². The Morgan fingerprint density at radius 2 is 2.24 bits per heavy atom. The third-order valence-electron chi connectivity index (χ3n) is 4.68. The van der Waals surface area contributed by atoms with Gasteiger partial charge in [-0.25, -0.2) is 4.98 Å². The maximum atomic E-state index is 12.6. The van der Waals surface area contributed by atoms with Crippen molar-refractivity contribution in [3.05, 3.63) is 41.9 Å². The van der Waals surface area contributed by atoms with Gasteiger partial charge in [-0.15, -0.1) is 0 Å². The largest absolute Gasteiger partial charge is 0.386 e. The van der Waals surface area contributed by atoms with Gasteiger partial charge in [0.05, 0.1) is 6.54 Å². The molecule has 7 nitrogen and oxygen atoms in total. The van der Waals surface area contributed by atoms with E-state index in [4.69, 9.17) is 0 Å². The molecule has 0 aromatic carbocycles. The topological polar surface area (TPSA) is 74.5 Å². The number of β-amino-alcohol motifs (C(OH)–C–C–N with tert-alkyl or cyclic N) is 1. The number of aromatic nitrogens is 3. The minimum absolute atomic E-state index is 0.167. The molecule has 1 aliphatic rings. The van der Waals surface area contributed by atoms with Crippen LogP contribution in [-0.2, 0) is 6.54 Å². The summed E-state index contributed by atoms with van der Waals surface area (Å²) in [5.74, 6) is 0.685. The van der Waals surface area contributed by atoms with E-state index in [2.05, 4.69) is 10.1 Å². The van der Waals surface area contributed by atoms with E-state index in [-0.39, 0.29) is 12.5 Å². The number of carbonyl (C=O) groups is 1. The van der Waals surface area contributed by atoms with E-state index in [0.29, 0.717) is 18.7 Å². The van der Waals surface area contributed by atoms with E-state index >= 15 is 0 Å². The van der Waals surface area contributed by atoms with Gasteiger partial charge >= 0.3 is 0 Å². The van der Waals surface area contributed by atoms with Gasteiger partial charge < -0.3 is 14.9 Å². The van der Waals surface area contributed by atoms with Crippen molar-refractivity contribution >= 4 is 11.7 Å². The van der Waals surface area contributed by atoms with Crippen LogP contribution in [0.15, 0.2) is 30.5 Å². The highest BCUT2D eigenvalue weighted by atomic mass is 16.3. The third kappa shape index (κ3) is 3.66. The van der Waals surface area contributed by atoms with Gasteiger partial charge in [-0.2, -0.15) is 5.10 Å². The number of carbonyl (C=O) groups excluding carboxylic acids is 1. The van der Waals surface area contributed by atoms with Gasteiger partial charge in [-0.1, -0.05) is 6.07 Å². The molecule has 0 spiro atoms. The molecule has 0 aliphatic carbocycles. The van der Waals surface area contributed by atoms with Crippen LogP contribution < -0.4 is 4.90 Å². The zero-order chi connectivity index (χ0) is 18.0. The second-order valence-corrected chi connectivity index (χ2v) is 6.73. The molecule has 7 heteroatoms. The Kier molecular flexibility index (Phi) is 4.76. The van der Waals surface area contributed by atoms with Crippen molar-refractivity contribution in [2.75, 3.05) is 31.6 Å². The molecule has 1 saturated heterocycles. The number of hydrogen-bond donors (Lipinski definition) is 1. The second-order valence-electron chi connectivity index (χ2n) is 6.73. The molecule has 0 saturated carbocycles. The van der Waals surface area contributed by atoms with Crippen LogP contribution in [0.5, 0.6) is 0 Å². The number of rotatable bonds is 5. The van der Waals surface area contributed by atoms with Gasteiger partial charge in [0.1, 0.15) is 11.4 Å². The summed E-state index contributed by atoms with van der Waals surface area (Å²) in [4.78, 5) is 20.6. The Morgan fingerprint density at radius 1 is 1.44 bits per heavy atom. The van der Waals surface area contributed by atoms with E-state index in [1.165, 1.54) is 0 Å². The predicted octanol–water partition coefficient (Wildman–Crippen LogP) is 1.32. The Labute approximate surface area is 147 Å². The van der Waals surface area contributed by atoms with Crippen LogP contribution >= 0.6 is 0 Å². The first-order chi connectivity index (χ1) is 11.9. The fourth-order valence-electron chi connectivity index (χ4n) is 3.37. The Morgan fingerprint density at radius 3 is 2.88 bits per heavy atom. The standard InChI is InChI=1S/C18H25N5O2/c1-4-23-14(2)11-15(20-23)17(24)21(3)12-18(25)8-10-22(13-18)16-7-5-6-9-19-16/h5-7,9,11,25H,4,8,10,12-13H2,1-3H3/t18-/m0/s1. The molecule has 1 amide bonds. The SMILES string of the molecule is CCn1nc(C(=O)N(C)C[C@@]2(O)CCN(c3ccccn3)C2)cc1C. The van der Waals surface area contributed by atoms with Crippen LogP contribution in [0.3, 0.4) is 0 Å². The monoisotopic (exact) mass is 343 g/mol. The quantitative estimate of drug-likeness (QED) is 0.886. The second kappa shape index (κ2) is 6.84. The van der Waals surface area contributed by atoms with Crippen molar-refractivity contribution in [1.82, 2.24) is 19.7 Å². The maximum absolute atomic E-state index is 12.6. The molecule has 0 radical (unpaired) electrons. The molecule has 134 valence electrons. The van der Waals surface area contributed by atoms with Crippen LogP contribution in [0.1, 0.15) is 29.5 Å². The van der Waals surface area contributed by atoms with Crippen LogP contribution in [0.4, 0.5) is 5.82 Å². The predicted molar refractivity (Wildman–Crippen MR) is 95.6 cm³/mol. The summed E-state index contributed by atoms with van der Waals surface area (Å²) in [6.07, 6.45) is 2.35. The van der Waals surface area contributed by atoms with Crippen molar-refractivity contribution in [2.45, 2.75) is 32.4 Å². The summed E-state index contributed by atoms with van der Waals surface area (Å²) in [6.45, 7) is 6.11. The molecular formula is C18H25N5O2. The molecular weight excluding hydrogens is 318 g/mol. The lowest BCUT2D eigenvalue weighted by molar-refractivity contribution is 0.0261. The first-order valence-corrected chi connectivity index (χ1v) is 8.60. The number of aryl methyl sites for hydroxylation is 2. The molecule has 2 aromatic rings. The molecule has 3 rings (SSSR count). The van der Waals surface area contributed by atoms with Crippen molar-refractivity contribution in [3.63, 3.8) is 0 Å². The van der Waals surface area contributed by atoms with Crippen LogP contribution in [0.25, 0.3) is 0 Å². The average Bonchev–Trinajstić information content (AvgIpc) is 3.18. The zero-order valence-electron chi connectivity index (χ0n) is 15.0. The third-order valence-corrected chi connectivity index (χ3v) is 4.68. The highest BCUT2D eigenvalue weighted by Crippen LogP contribution is 2.26. The zero-order valence-corrected chi connectivity index (χ0v) is 15.0. The van der Waals surface area contributed by atoms with E-state index in [0.717, 1.165) is 24.6 Å². The maximum Gasteiger partial charge on any atom is 0.274 e. The summed E-state index contributed by atoms with van der Waals surface area (Å²) >= 11 is 0. The smallest absolute Gasteiger partial charge is 0.274 e. The van der Waals surface area contributed by atoms with Crippen molar-refractivity contribution < 1.29 is 9.90 Å². The lowest BCUT2D eigenvalue weighted by Gasteiger charge is -2.28. The Bertz CT molecular complexity index is 745. The molecule has 2 aromatic heterocycles. The fraction of sp³-hybridized carbons (Fsp3) is 0.500. The van der Waals surface area contributed by atoms with Crippen LogP contribution in [0.2, 0.25) is 0 Å². The van der Waals surface area contributed by atoms with E-state index in [1.807, 2.05) is 36.9 Å². The lowest BCUT2D eigenvalue weighted by Crippen LogP contribution is -2.46. The van der Waals surface area contributed by atoms with Gasteiger partial charge in [-0.05, 0) is 38.5 Å². The van der Waals surface area contributed by atoms with E-state index in [1.54, 1.807) is 28.9 Å². The number of nitrogens with zero attached hydrogens (tertiary/aromatic N) is 5. The van der Waals surface area contributed by atoms with Crippen molar-refractivity contribution in [2.24, 2.45) is 0 Å². The highest BCUT2D eigenvalue weighted by Gasteiger charge is 2.38. The lowest BCUT2D eigenvalue weighted by atomic mass is 10.0. The van der Waals surface area contributed by atoms with Gasteiger partial charge in [0.2, 0.25) is 0 Å². The summed E-state index contributed by atoms with van der Waals surface area (Å²) in [6, 6.07) is 7.53. The minimum Gasteiger partial charge on any atom is -0.386 e. The molecule has 3 heterocycles. The minimum atomic E-state index is -0.940. The molecule has 1 N–H and O–H groups in total. The first-order valence-electron chi connectivity index (χ1n) is 8.60. The molecule has 0 bridgehead atoms. The first kappa shape index (κ1) is 17.4. The van der Waals surface area contributed by atoms with Gasteiger partial charge in [0, 0.05) is 38.6 Å². The number of pyridine rings is 1. The Hall–Kier alpha value is -2.41. The van der Waals surface area contributed by atoms with E-state index < -0.39 is 5.60 Å². The number of likely N-dealkylation sites (N-methyl/N-ethyl adjacent to an activating group) is 1. The number of hydrogen-bond acceptors (Lipinski definition) is 5. The summed E-state index contributed by atoms with van der Waals surface area (Å²) < 4.78 is 1.80. The number of aliphatic hydroxyl groups is 1. The number of anilines is 1. The molecule has 1 aliphatic heterocycles. The summed E-state index contributed by atoms with van der Waals surface area (Å²) in [7, 11) is 1.71. The van der Waals surface area contributed by atoms with Crippen molar-refractivity contribution in [3.8, 4) is 0 Å². The summed E-state index contributed by atoms with van der Waals surface area (Å²) in [5, 5.41) is 15.2. The molecule has 25 heavy (non-hydrogen) atoms. The average molecular weight is 343 g/mol. The van der Waals surface area contributed by atoms with Gasteiger partial charge in [0.25, 0.3) is 5.91 Å². The highest BCUT2D eigenvalue weighted by molar-refractivity contribution is 5.92. The number of amides is 1. The molecule has 0 unspecified atom stereocenters. The normalized spacial score (nSPS) is 20.1. The van der Waals surface area contributed by atoms with E-state index in [9.17, 15) is 9.90 Å². The van der Waals surface area contributed by atoms with Crippen LogP contribution in [-0.4, -0.2) is 63.0 Å². The van der Waals surface area contributed by atoms with Gasteiger partial charge in [-0.3, -0.25) is 9.48 Å².